The Labute approximate surface area is 195 Å². The van der Waals surface area contributed by atoms with E-state index in [4.69, 9.17) is 28.9 Å². The van der Waals surface area contributed by atoms with Gasteiger partial charge < -0.3 is 5.73 Å². The zero-order chi connectivity index (χ0) is 22.5. The van der Waals surface area contributed by atoms with Crippen LogP contribution >= 0.6 is 35.0 Å². The molecule has 0 aliphatic heterocycles. The Morgan fingerprint density at radius 3 is 2.75 bits per heavy atom. The second-order valence-electron chi connectivity index (χ2n) is 6.21. The molecule has 0 aliphatic rings. The molecule has 2 heterocycles. The predicted molar refractivity (Wildman–Crippen MR) is 121 cm³/mol. The van der Waals surface area contributed by atoms with Crippen molar-refractivity contribution in [3.8, 4) is 5.82 Å². The van der Waals surface area contributed by atoms with Gasteiger partial charge in [0.25, 0.3) is 5.91 Å². The Hall–Kier alpha value is -3.41. The summed E-state index contributed by atoms with van der Waals surface area (Å²) < 4.78 is 5.97. The summed E-state index contributed by atoms with van der Waals surface area (Å²) in [6.07, 6.45) is 1.38. The molecule has 13 heteroatoms. The van der Waals surface area contributed by atoms with Crippen LogP contribution in [0.4, 0.5) is 5.82 Å². The monoisotopic (exact) mass is 488 g/mol. The lowest BCUT2D eigenvalue weighted by Gasteiger charge is -2.06. The molecule has 0 bridgehead atoms. The first-order chi connectivity index (χ1) is 15.5. The van der Waals surface area contributed by atoms with Crippen LogP contribution in [0.1, 0.15) is 21.7 Å². The van der Waals surface area contributed by atoms with Crippen LogP contribution in [0.5, 0.6) is 0 Å². The largest absolute Gasteiger partial charge is 0.378 e. The summed E-state index contributed by atoms with van der Waals surface area (Å²) in [6.45, 7) is 0. The van der Waals surface area contributed by atoms with Crippen LogP contribution in [-0.4, -0.2) is 37.4 Å². The number of thioether (sulfide) groups is 1. The second kappa shape index (κ2) is 9.81. The summed E-state index contributed by atoms with van der Waals surface area (Å²) in [5.74, 6) is -0.0872. The first-order valence-electron chi connectivity index (χ1n) is 9.03. The van der Waals surface area contributed by atoms with Crippen molar-refractivity contribution in [1.82, 2.24) is 30.7 Å². The number of rotatable bonds is 7. The zero-order valence-electron chi connectivity index (χ0n) is 16.1. The van der Waals surface area contributed by atoms with E-state index in [1.807, 2.05) is 30.3 Å². The Kier molecular flexibility index (Phi) is 6.69. The molecule has 0 saturated heterocycles. The number of nitrogen functional groups attached to an aromatic ring is 1. The highest BCUT2D eigenvalue weighted by Crippen LogP contribution is 2.26. The van der Waals surface area contributed by atoms with E-state index in [0.717, 1.165) is 4.90 Å². The van der Waals surface area contributed by atoms with E-state index in [1.165, 1.54) is 22.7 Å². The van der Waals surface area contributed by atoms with Gasteiger partial charge in [-0.25, -0.2) is 10.1 Å². The average Bonchev–Trinajstić information content (AvgIpc) is 3.41. The smallest absolute Gasteiger partial charge is 0.293 e. The molecule has 4 aromatic rings. The van der Waals surface area contributed by atoms with Gasteiger partial charge >= 0.3 is 0 Å². The van der Waals surface area contributed by atoms with E-state index in [9.17, 15) is 4.79 Å². The highest BCUT2D eigenvalue weighted by Gasteiger charge is 2.24. The second-order valence-corrected chi connectivity index (χ2v) is 8.05. The van der Waals surface area contributed by atoms with Crippen LogP contribution in [0.15, 0.2) is 63.2 Å². The Morgan fingerprint density at radius 1 is 1.19 bits per heavy atom. The molecule has 0 spiro atoms. The third-order valence-corrected chi connectivity index (χ3v) is 6.00. The fourth-order valence-electron chi connectivity index (χ4n) is 2.62. The summed E-state index contributed by atoms with van der Waals surface area (Å²) in [7, 11) is 0. The fraction of sp³-hybridized carbons (Fsp3) is 0.0526. The Balaban J connectivity index is 1.58. The van der Waals surface area contributed by atoms with Crippen LogP contribution in [-0.2, 0) is 5.75 Å². The number of carbonyl (C=O) groups excluding carboxylic acids is 1. The minimum atomic E-state index is -0.579. The van der Waals surface area contributed by atoms with Crippen molar-refractivity contribution in [2.24, 2.45) is 5.10 Å². The third-order valence-electron chi connectivity index (χ3n) is 4.14. The number of nitrogens with one attached hydrogen (secondary N) is 1. The Bertz CT molecular complexity index is 1280. The first-order valence-corrected chi connectivity index (χ1v) is 10.8. The van der Waals surface area contributed by atoms with Crippen LogP contribution in [0.25, 0.3) is 5.82 Å². The van der Waals surface area contributed by atoms with Gasteiger partial charge in [0.2, 0.25) is 11.6 Å². The normalized spacial score (nSPS) is 11.2. The van der Waals surface area contributed by atoms with Crippen molar-refractivity contribution >= 4 is 52.9 Å². The lowest BCUT2D eigenvalue weighted by molar-refractivity contribution is 0.0949. The first kappa shape index (κ1) is 21.8. The molecule has 3 N–H and O–H groups in total. The van der Waals surface area contributed by atoms with Crippen molar-refractivity contribution in [2.75, 3.05) is 5.73 Å². The van der Waals surface area contributed by atoms with Crippen LogP contribution < -0.4 is 11.2 Å². The van der Waals surface area contributed by atoms with E-state index in [-0.39, 0.29) is 17.3 Å². The standard InChI is InChI=1S/C19H14Cl2N8O2S/c20-13-8-4-5-11(15(13)21)9-23-25-19(30)16-14(10-32-12-6-2-1-3-7-12)29(28-24-16)18-17(22)26-31-27-18/h1-9H,10H2,(H2,22,26)(H,25,30)/b23-9-. The van der Waals surface area contributed by atoms with Crippen molar-refractivity contribution in [1.29, 1.82) is 0 Å². The summed E-state index contributed by atoms with van der Waals surface area (Å²) in [5.41, 5.74) is 9.25. The van der Waals surface area contributed by atoms with Crippen molar-refractivity contribution in [2.45, 2.75) is 10.6 Å². The van der Waals surface area contributed by atoms with Crippen molar-refractivity contribution in [3.63, 3.8) is 0 Å². The van der Waals surface area contributed by atoms with Gasteiger partial charge in [0, 0.05) is 16.2 Å². The molecule has 0 fully saturated rings. The van der Waals surface area contributed by atoms with Crippen LogP contribution in [0.3, 0.4) is 0 Å². The number of amides is 1. The van der Waals surface area contributed by atoms with Crippen LogP contribution in [0, 0.1) is 0 Å². The van der Waals surface area contributed by atoms with E-state index in [0.29, 0.717) is 27.1 Å². The maximum absolute atomic E-state index is 12.8. The van der Waals surface area contributed by atoms with E-state index in [2.05, 4.69) is 35.8 Å². The van der Waals surface area contributed by atoms with Gasteiger partial charge in [-0.3, -0.25) is 4.79 Å². The molecule has 2 aromatic heterocycles. The summed E-state index contributed by atoms with van der Waals surface area (Å²) in [4.78, 5) is 13.8. The van der Waals surface area contributed by atoms with Gasteiger partial charge in [-0.05, 0) is 28.5 Å². The topological polar surface area (TPSA) is 137 Å². The number of benzene rings is 2. The van der Waals surface area contributed by atoms with Gasteiger partial charge in [-0.15, -0.1) is 16.9 Å². The van der Waals surface area contributed by atoms with Gasteiger partial charge in [-0.1, -0.05) is 58.7 Å². The molecule has 0 atom stereocenters. The lowest BCUT2D eigenvalue weighted by Crippen LogP contribution is -2.20. The number of carbonyl (C=O) groups is 1. The number of halogens is 2. The molecule has 4 rings (SSSR count). The van der Waals surface area contributed by atoms with Crippen molar-refractivity contribution in [3.05, 3.63) is 75.5 Å². The lowest BCUT2D eigenvalue weighted by atomic mass is 10.2. The van der Waals surface area contributed by atoms with Crippen molar-refractivity contribution < 1.29 is 9.42 Å². The molecule has 162 valence electrons. The average molecular weight is 489 g/mol. The molecular weight excluding hydrogens is 475 g/mol. The maximum Gasteiger partial charge on any atom is 0.293 e. The number of nitrogens with zero attached hydrogens (tertiary/aromatic N) is 6. The summed E-state index contributed by atoms with van der Waals surface area (Å²) in [5, 5.41) is 19.9. The van der Waals surface area contributed by atoms with Gasteiger partial charge in [0.1, 0.15) is 0 Å². The number of hydrogen-bond donors (Lipinski definition) is 2. The van der Waals surface area contributed by atoms with E-state index in [1.54, 1.807) is 18.2 Å². The summed E-state index contributed by atoms with van der Waals surface area (Å²) in [6, 6.07) is 14.7. The number of hydrazone groups is 1. The maximum atomic E-state index is 12.8. The number of anilines is 1. The number of nitrogens with two attached hydrogens (primary N) is 1. The van der Waals surface area contributed by atoms with Gasteiger partial charge in [0.05, 0.1) is 22.0 Å². The zero-order valence-corrected chi connectivity index (χ0v) is 18.5. The van der Waals surface area contributed by atoms with Crippen LogP contribution in [0.2, 0.25) is 10.0 Å². The van der Waals surface area contributed by atoms with E-state index < -0.39 is 5.91 Å². The Morgan fingerprint density at radius 2 is 2.00 bits per heavy atom. The quantitative estimate of drug-likeness (QED) is 0.228. The van der Waals surface area contributed by atoms with E-state index >= 15 is 0 Å². The minimum absolute atomic E-state index is 0.0152. The molecule has 0 unspecified atom stereocenters. The highest BCUT2D eigenvalue weighted by atomic mass is 35.5. The predicted octanol–water partition coefficient (Wildman–Crippen LogP) is 3.60. The minimum Gasteiger partial charge on any atom is -0.378 e. The molecule has 1 amide bonds. The molecule has 10 nitrogen and oxygen atoms in total. The fourth-order valence-corrected chi connectivity index (χ4v) is 3.89. The number of aromatic nitrogens is 5. The molecule has 2 aromatic carbocycles. The van der Waals surface area contributed by atoms with Gasteiger partial charge in [-0.2, -0.15) is 9.78 Å². The van der Waals surface area contributed by atoms with Gasteiger partial charge in [0.15, 0.2) is 5.69 Å². The molecule has 0 saturated carbocycles. The SMILES string of the molecule is Nc1nonc1-n1nnc(C(=O)N/N=C\c2cccc(Cl)c2Cl)c1CSc1ccccc1. The number of hydrogen-bond acceptors (Lipinski definition) is 9. The molecule has 32 heavy (non-hydrogen) atoms. The highest BCUT2D eigenvalue weighted by molar-refractivity contribution is 7.98. The molecular formula is C19H14Cl2N8O2S. The summed E-state index contributed by atoms with van der Waals surface area (Å²) >= 11 is 13.6. The molecule has 0 aliphatic carbocycles. The third kappa shape index (κ3) is 4.74. The molecule has 0 radical (unpaired) electrons.